The van der Waals surface area contributed by atoms with E-state index >= 15 is 0 Å². The average molecular weight is 419 g/mol. The van der Waals surface area contributed by atoms with E-state index < -0.39 is 10.0 Å². The summed E-state index contributed by atoms with van der Waals surface area (Å²) in [4.78, 5) is 14.7. The Labute approximate surface area is 167 Å². The van der Waals surface area contributed by atoms with E-state index in [9.17, 15) is 13.2 Å². The van der Waals surface area contributed by atoms with Gasteiger partial charge in [-0.3, -0.25) is 9.89 Å². The lowest BCUT2D eigenvalue weighted by molar-refractivity contribution is 0.0694. The third-order valence-electron chi connectivity index (χ3n) is 4.88. The lowest BCUT2D eigenvalue weighted by atomic mass is 10.1. The first-order valence-electron chi connectivity index (χ1n) is 8.86. The van der Waals surface area contributed by atoms with Crippen LogP contribution in [-0.4, -0.2) is 59.9 Å². The molecule has 1 fully saturated rings. The minimum absolute atomic E-state index is 0.161. The van der Waals surface area contributed by atoms with Gasteiger partial charge in [-0.2, -0.15) is 9.40 Å². The van der Waals surface area contributed by atoms with Gasteiger partial charge in [-0.1, -0.05) is 29.3 Å². The molecule has 0 aliphatic carbocycles. The predicted octanol–water partition coefficient (Wildman–Crippen LogP) is 2.67. The van der Waals surface area contributed by atoms with Gasteiger partial charge in [-0.15, -0.1) is 0 Å². The van der Waals surface area contributed by atoms with Crippen LogP contribution in [0.4, 0.5) is 0 Å². The molecular weight excluding hydrogens is 400 g/mol. The fourth-order valence-corrected chi connectivity index (χ4v) is 5.07. The van der Waals surface area contributed by atoms with Crippen molar-refractivity contribution in [3.8, 4) is 0 Å². The van der Waals surface area contributed by atoms with E-state index in [1.807, 2.05) is 25.1 Å². The van der Waals surface area contributed by atoms with Crippen LogP contribution >= 0.6 is 11.6 Å². The van der Waals surface area contributed by atoms with Crippen molar-refractivity contribution in [2.45, 2.75) is 11.8 Å². The standard InChI is InChI=1S/C19H19ClN4O3S/c1-13-5-6-17-16(11-13)18(22-21-17)19(25)23-7-9-24(10-8-23)28(26,27)15-4-2-3-14(20)12-15/h2-6,11-12H,7-10H2,1H3,(H,21,22). The van der Waals surface area contributed by atoms with Crippen LogP contribution in [0.5, 0.6) is 0 Å². The summed E-state index contributed by atoms with van der Waals surface area (Å²) >= 11 is 5.92. The number of hydrogen-bond donors (Lipinski definition) is 1. The Bertz CT molecular complexity index is 1150. The predicted molar refractivity (Wildman–Crippen MR) is 107 cm³/mol. The molecule has 4 rings (SSSR count). The van der Waals surface area contributed by atoms with Crippen molar-refractivity contribution in [1.29, 1.82) is 0 Å². The molecular formula is C19H19ClN4O3S. The van der Waals surface area contributed by atoms with Gasteiger partial charge in [-0.25, -0.2) is 8.42 Å². The van der Waals surface area contributed by atoms with Crippen LogP contribution in [0.1, 0.15) is 16.1 Å². The van der Waals surface area contributed by atoms with E-state index in [1.165, 1.54) is 16.4 Å². The number of aryl methyl sites for hydroxylation is 1. The number of sulfonamides is 1. The number of fused-ring (bicyclic) bond motifs is 1. The molecule has 9 heteroatoms. The molecule has 1 saturated heterocycles. The first-order valence-corrected chi connectivity index (χ1v) is 10.7. The molecule has 1 aromatic heterocycles. The summed E-state index contributed by atoms with van der Waals surface area (Å²) < 4.78 is 27.0. The largest absolute Gasteiger partial charge is 0.335 e. The van der Waals surface area contributed by atoms with Gasteiger partial charge in [0, 0.05) is 36.6 Å². The Kier molecular flexibility index (Phi) is 4.86. The summed E-state index contributed by atoms with van der Waals surface area (Å²) in [7, 11) is -3.64. The monoisotopic (exact) mass is 418 g/mol. The molecule has 2 aromatic carbocycles. The zero-order valence-corrected chi connectivity index (χ0v) is 16.8. The second-order valence-electron chi connectivity index (χ2n) is 6.77. The van der Waals surface area contributed by atoms with Gasteiger partial charge in [0.05, 0.1) is 10.4 Å². The summed E-state index contributed by atoms with van der Waals surface area (Å²) in [6, 6.07) is 12.0. The maximum Gasteiger partial charge on any atom is 0.275 e. The molecule has 28 heavy (non-hydrogen) atoms. The normalized spacial score (nSPS) is 15.9. The second kappa shape index (κ2) is 7.20. The van der Waals surface area contributed by atoms with E-state index in [0.29, 0.717) is 23.8 Å². The van der Waals surface area contributed by atoms with Crippen molar-refractivity contribution in [3.05, 3.63) is 58.7 Å². The smallest absolute Gasteiger partial charge is 0.275 e. The number of nitrogens with zero attached hydrogens (tertiary/aromatic N) is 3. The Balaban J connectivity index is 1.50. The van der Waals surface area contributed by atoms with Gasteiger partial charge >= 0.3 is 0 Å². The molecule has 1 aliphatic rings. The number of halogens is 1. The van der Waals surface area contributed by atoms with E-state index in [2.05, 4.69) is 10.2 Å². The number of carbonyl (C=O) groups excluding carboxylic acids is 1. The SMILES string of the molecule is Cc1ccc2[nH]nc(C(=O)N3CCN(S(=O)(=O)c4cccc(Cl)c4)CC3)c2c1. The molecule has 146 valence electrons. The Hall–Kier alpha value is -2.42. The fraction of sp³-hybridized carbons (Fsp3) is 0.263. The van der Waals surface area contributed by atoms with Gasteiger partial charge in [0.25, 0.3) is 5.91 Å². The molecule has 1 amide bonds. The molecule has 0 unspecified atom stereocenters. The minimum atomic E-state index is -3.64. The maximum atomic E-state index is 12.9. The van der Waals surface area contributed by atoms with Gasteiger partial charge in [0.15, 0.2) is 5.69 Å². The summed E-state index contributed by atoms with van der Waals surface area (Å²) in [5.74, 6) is -0.198. The minimum Gasteiger partial charge on any atom is -0.335 e. The van der Waals surface area contributed by atoms with Crippen LogP contribution in [-0.2, 0) is 10.0 Å². The van der Waals surface area contributed by atoms with Crippen LogP contribution in [0.25, 0.3) is 10.9 Å². The van der Waals surface area contributed by atoms with Crippen LogP contribution in [0.3, 0.4) is 0 Å². The van der Waals surface area contributed by atoms with E-state index in [-0.39, 0.29) is 23.9 Å². The number of piperazine rings is 1. The van der Waals surface area contributed by atoms with Gasteiger partial charge < -0.3 is 4.90 Å². The zero-order valence-electron chi connectivity index (χ0n) is 15.2. The molecule has 1 N–H and O–H groups in total. The van der Waals surface area contributed by atoms with E-state index in [1.54, 1.807) is 17.0 Å². The van der Waals surface area contributed by atoms with Crippen molar-refractivity contribution in [3.63, 3.8) is 0 Å². The molecule has 0 bridgehead atoms. The van der Waals surface area contributed by atoms with Gasteiger partial charge in [0.1, 0.15) is 0 Å². The lowest BCUT2D eigenvalue weighted by Crippen LogP contribution is -2.50. The number of carbonyl (C=O) groups is 1. The van der Waals surface area contributed by atoms with Gasteiger partial charge in [0.2, 0.25) is 10.0 Å². The van der Waals surface area contributed by atoms with Crippen LogP contribution in [0.2, 0.25) is 5.02 Å². The highest BCUT2D eigenvalue weighted by Gasteiger charge is 2.31. The van der Waals surface area contributed by atoms with Gasteiger partial charge in [-0.05, 0) is 37.3 Å². The number of amides is 1. The van der Waals surface area contributed by atoms with Crippen LogP contribution < -0.4 is 0 Å². The van der Waals surface area contributed by atoms with Crippen molar-refractivity contribution >= 4 is 38.4 Å². The molecule has 3 aromatic rings. The molecule has 0 saturated carbocycles. The summed E-state index contributed by atoms with van der Waals surface area (Å²) in [6.45, 7) is 3.02. The summed E-state index contributed by atoms with van der Waals surface area (Å²) in [5, 5.41) is 8.20. The number of aromatic nitrogens is 2. The molecule has 0 atom stereocenters. The first-order chi connectivity index (χ1) is 13.4. The molecule has 1 aliphatic heterocycles. The fourth-order valence-electron chi connectivity index (χ4n) is 3.35. The summed E-state index contributed by atoms with van der Waals surface area (Å²) in [5.41, 5.74) is 2.21. The van der Waals surface area contributed by atoms with Crippen molar-refractivity contribution < 1.29 is 13.2 Å². The quantitative estimate of drug-likeness (QED) is 0.708. The number of H-pyrrole nitrogens is 1. The van der Waals surface area contributed by atoms with E-state index in [0.717, 1.165) is 16.5 Å². The number of hydrogen-bond acceptors (Lipinski definition) is 4. The number of rotatable bonds is 3. The van der Waals surface area contributed by atoms with Crippen molar-refractivity contribution in [2.75, 3.05) is 26.2 Å². The van der Waals surface area contributed by atoms with Crippen LogP contribution in [0.15, 0.2) is 47.4 Å². The Morgan fingerprint density at radius 3 is 2.57 bits per heavy atom. The van der Waals surface area contributed by atoms with Crippen molar-refractivity contribution in [2.24, 2.45) is 0 Å². The summed E-state index contributed by atoms with van der Waals surface area (Å²) in [6.07, 6.45) is 0. The average Bonchev–Trinajstić information content (AvgIpc) is 3.10. The third kappa shape index (κ3) is 3.39. The van der Waals surface area contributed by atoms with Crippen molar-refractivity contribution in [1.82, 2.24) is 19.4 Å². The molecule has 0 spiro atoms. The lowest BCUT2D eigenvalue weighted by Gasteiger charge is -2.33. The highest BCUT2D eigenvalue weighted by atomic mass is 35.5. The first kappa shape index (κ1) is 18.9. The highest BCUT2D eigenvalue weighted by Crippen LogP contribution is 2.23. The highest BCUT2D eigenvalue weighted by molar-refractivity contribution is 7.89. The Morgan fingerprint density at radius 2 is 1.86 bits per heavy atom. The maximum absolute atomic E-state index is 12.9. The number of nitrogens with one attached hydrogen (secondary N) is 1. The molecule has 2 heterocycles. The third-order valence-corrected chi connectivity index (χ3v) is 7.01. The van der Waals surface area contributed by atoms with E-state index in [4.69, 9.17) is 11.6 Å². The topological polar surface area (TPSA) is 86.4 Å². The zero-order chi connectivity index (χ0) is 19.9. The molecule has 0 radical (unpaired) electrons. The Morgan fingerprint density at radius 1 is 1.11 bits per heavy atom. The number of benzene rings is 2. The molecule has 7 nitrogen and oxygen atoms in total. The second-order valence-corrected chi connectivity index (χ2v) is 9.15. The van der Waals surface area contributed by atoms with Crippen LogP contribution in [0, 0.1) is 6.92 Å². The number of aromatic amines is 1.